The zero-order chi connectivity index (χ0) is 14.3. The van der Waals surface area contributed by atoms with Crippen molar-refractivity contribution < 1.29 is 9.00 Å². The molecule has 1 spiro atoms. The molecule has 20 heavy (non-hydrogen) atoms. The van der Waals surface area contributed by atoms with Gasteiger partial charge >= 0.3 is 0 Å². The monoisotopic (exact) mass is 312 g/mol. The first-order chi connectivity index (χ1) is 9.55. The van der Waals surface area contributed by atoms with E-state index >= 15 is 0 Å². The Morgan fingerprint density at radius 1 is 1.50 bits per heavy atom. The quantitative estimate of drug-likeness (QED) is 0.902. The van der Waals surface area contributed by atoms with Gasteiger partial charge in [0, 0.05) is 38.6 Å². The Morgan fingerprint density at radius 2 is 2.25 bits per heavy atom. The third kappa shape index (κ3) is 2.44. The predicted octanol–water partition coefficient (Wildman–Crippen LogP) is 1.79. The number of amides is 1. The van der Waals surface area contributed by atoms with Gasteiger partial charge in [-0.1, -0.05) is 6.92 Å². The van der Waals surface area contributed by atoms with Crippen molar-refractivity contribution in [3.8, 4) is 0 Å². The summed E-state index contributed by atoms with van der Waals surface area (Å²) >= 11 is 1.73. The highest BCUT2D eigenvalue weighted by molar-refractivity contribution is 7.84. The molecule has 6 heteroatoms. The average Bonchev–Trinajstić information content (AvgIpc) is 3.02. The number of aryl methyl sites for hydroxylation is 1. The molecule has 2 aliphatic rings. The number of hydrogen-bond acceptors (Lipinski definition) is 4. The number of carbonyl (C=O) groups is 1. The van der Waals surface area contributed by atoms with Gasteiger partial charge in [0.1, 0.15) is 11.7 Å². The van der Waals surface area contributed by atoms with Crippen LogP contribution in [-0.4, -0.2) is 38.6 Å². The van der Waals surface area contributed by atoms with Gasteiger partial charge in [-0.2, -0.15) is 0 Å². The molecule has 1 aliphatic heterocycles. The lowest BCUT2D eigenvalue weighted by molar-refractivity contribution is -0.130. The minimum absolute atomic E-state index is 0.0300. The van der Waals surface area contributed by atoms with Gasteiger partial charge in [-0.15, -0.1) is 11.3 Å². The minimum atomic E-state index is -0.827. The van der Waals surface area contributed by atoms with Crippen molar-refractivity contribution in [2.45, 2.75) is 38.4 Å². The van der Waals surface area contributed by atoms with Crippen molar-refractivity contribution in [2.24, 2.45) is 0 Å². The maximum atomic E-state index is 12.6. The second kappa shape index (κ2) is 5.24. The van der Waals surface area contributed by atoms with Crippen LogP contribution in [0.4, 0.5) is 0 Å². The Balaban J connectivity index is 1.79. The second-order valence-electron chi connectivity index (χ2n) is 5.51. The highest BCUT2D eigenvalue weighted by atomic mass is 32.2. The number of carbonyl (C=O) groups excluding carboxylic acids is 1. The van der Waals surface area contributed by atoms with E-state index in [2.05, 4.69) is 24.4 Å². The summed E-state index contributed by atoms with van der Waals surface area (Å²) in [5.41, 5.74) is -0.309. The zero-order valence-corrected chi connectivity index (χ0v) is 13.5. The van der Waals surface area contributed by atoms with E-state index in [9.17, 15) is 9.00 Å². The average molecular weight is 312 g/mol. The van der Waals surface area contributed by atoms with Gasteiger partial charge in [0.25, 0.3) is 0 Å². The summed E-state index contributed by atoms with van der Waals surface area (Å²) in [4.78, 5) is 16.9. The molecule has 2 unspecified atom stereocenters. The van der Waals surface area contributed by atoms with Gasteiger partial charge in [0.2, 0.25) is 5.91 Å². The van der Waals surface area contributed by atoms with Crippen LogP contribution in [0, 0.1) is 6.92 Å². The number of nitrogens with one attached hydrogen (secondary N) is 1. The van der Waals surface area contributed by atoms with Crippen molar-refractivity contribution in [2.75, 3.05) is 18.1 Å². The summed E-state index contributed by atoms with van der Waals surface area (Å²) < 4.78 is 11.7. The van der Waals surface area contributed by atoms with E-state index in [4.69, 9.17) is 0 Å². The molecule has 2 atom stereocenters. The first-order valence-corrected chi connectivity index (χ1v) is 9.36. The normalized spacial score (nSPS) is 25.4. The standard InChI is InChI=1S/C14H20N2O2S2/c1-3-20(18)9-8-16-12(11-5-4-10(2)19-11)15-14(6-7-14)13(16)17/h4-5,12,15H,3,6-9H2,1-2H3. The summed E-state index contributed by atoms with van der Waals surface area (Å²) in [5.74, 6) is 1.42. The second-order valence-corrected chi connectivity index (χ2v) is 8.69. The number of rotatable bonds is 5. The molecule has 1 aliphatic carbocycles. The first kappa shape index (κ1) is 14.2. The van der Waals surface area contributed by atoms with Crippen molar-refractivity contribution in [3.05, 3.63) is 21.9 Å². The Morgan fingerprint density at radius 3 is 2.80 bits per heavy atom. The van der Waals surface area contributed by atoms with E-state index in [1.807, 2.05) is 11.8 Å². The van der Waals surface area contributed by atoms with Gasteiger partial charge in [0.15, 0.2) is 0 Å². The third-order valence-electron chi connectivity index (χ3n) is 4.06. The number of nitrogens with zero attached hydrogens (tertiary/aromatic N) is 1. The maximum Gasteiger partial charge on any atom is 0.244 e. The van der Waals surface area contributed by atoms with Gasteiger partial charge < -0.3 is 4.90 Å². The lowest BCUT2D eigenvalue weighted by Gasteiger charge is -2.23. The van der Waals surface area contributed by atoms with E-state index in [0.717, 1.165) is 12.8 Å². The van der Waals surface area contributed by atoms with Gasteiger partial charge in [-0.3, -0.25) is 14.3 Å². The summed E-state index contributed by atoms with van der Waals surface area (Å²) in [5, 5.41) is 3.50. The fourth-order valence-corrected chi connectivity index (χ4v) is 4.31. The molecule has 2 heterocycles. The molecule has 1 saturated heterocycles. The summed E-state index contributed by atoms with van der Waals surface area (Å²) in [6.45, 7) is 4.58. The van der Waals surface area contributed by atoms with Crippen LogP contribution in [0.15, 0.2) is 12.1 Å². The summed E-state index contributed by atoms with van der Waals surface area (Å²) in [7, 11) is -0.827. The topological polar surface area (TPSA) is 49.4 Å². The maximum absolute atomic E-state index is 12.6. The van der Waals surface area contributed by atoms with Crippen LogP contribution in [-0.2, 0) is 15.6 Å². The van der Waals surface area contributed by atoms with Crippen LogP contribution in [0.2, 0.25) is 0 Å². The molecular formula is C14H20N2O2S2. The number of hydrogen-bond donors (Lipinski definition) is 1. The SMILES string of the molecule is CCS(=O)CCN1C(=O)C2(CC2)NC1c1ccc(C)s1. The first-order valence-electron chi connectivity index (χ1n) is 7.06. The van der Waals surface area contributed by atoms with E-state index < -0.39 is 10.8 Å². The fraction of sp³-hybridized carbons (Fsp3) is 0.643. The summed E-state index contributed by atoms with van der Waals surface area (Å²) in [6.07, 6.45) is 1.83. The Kier molecular flexibility index (Phi) is 3.73. The van der Waals surface area contributed by atoms with Crippen LogP contribution in [0.25, 0.3) is 0 Å². The highest BCUT2D eigenvalue weighted by Crippen LogP contribution is 2.46. The van der Waals surface area contributed by atoms with Crippen molar-refractivity contribution in [3.63, 3.8) is 0 Å². The molecule has 0 radical (unpaired) electrons. The lowest BCUT2D eigenvalue weighted by atomic mass is 10.3. The fourth-order valence-electron chi connectivity index (χ4n) is 2.68. The van der Waals surface area contributed by atoms with Crippen LogP contribution in [0.1, 0.15) is 35.7 Å². The molecule has 1 saturated carbocycles. The van der Waals surface area contributed by atoms with Crippen molar-refractivity contribution >= 4 is 28.0 Å². The Labute approximate surface area is 126 Å². The van der Waals surface area contributed by atoms with Gasteiger partial charge in [-0.25, -0.2) is 0 Å². The van der Waals surface area contributed by atoms with Crippen LogP contribution < -0.4 is 5.32 Å². The third-order valence-corrected chi connectivity index (χ3v) is 6.39. The van der Waals surface area contributed by atoms with Crippen LogP contribution >= 0.6 is 11.3 Å². The molecular weight excluding hydrogens is 292 g/mol. The molecule has 1 N–H and O–H groups in total. The largest absolute Gasteiger partial charge is 0.320 e. The molecule has 4 nitrogen and oxygen atoms in total. The lowest BCUT2D eigenvalue weighted by Crippen LogP contribution is -2.34. The summed E-state index contributed by atoms with van der Waals surface area (Å²) in [6, 6.07) is 4.18. The molecule has 2 fully saturated rings. The van der Waals surface area contributed by atoms with Crippen molar-refractivity contribution in [1.29, 1.82) is 0 Å². The highest BCUT2D eigenvalue weighted by Gasteiger charge is 2.59. The molecule has 1 aromatic rings. The minimum Gasteiger partial charge on any atom is -0.320 e. The zero-order valence-electron chi connectivity index (χ0n) is 11.8. The van der Waals surface area contributed by atoms with E-state index in [-0.39, 0.29) is 17.6 Å². The van der Waals surface area contributed by atoms with Crippen molar-refractivity contribution in [1.82, 2.24) is 10.2 Å². The van der Waals surface area contributed by atoms with Crippen LogP contribution in [0.3, 0.4) is 0 Å². The Hall–Kier alpha value is -0.720. The van der Waals surface area contributed by atoms with Gasteiger partial charge in [-0.05, 0) is 31.9 Å². The molecule has 110 valence electrons. The van der Waals surface area contributed by atoms with E-state index in [1.165, 1.54) is 9.75 Å². The molecule has 0 bridgehead atoms. The predicted molar refractivity (Wildman–Crippen MR) is 82.2 cm³/mol. The van der Waals surface area contributed by atoms with Crippen LogP contribution in [0.5, 0.6) is 0 Å². The Bertz CT molecular complexity index is 551. The van der Waals surface area contributed by atoms with Gasteiger partial charge in [0.05, 0.1) is 0 Å². The van der Waals surface area contributed by atoms with E-state index in [0.29, 0.717) is 18.1 Å². The molecule has 1 amide bonds. The molecule has 3 rings (SSSR count). The number of thiophene rings is 1. The molecule has 1 aromatic heterocycles. The van der Waals surface area contributed by atoms with E-state index in [1.54, 1.807) is 11.3 Å². The smallest absolute Gasteiger partial charge is 0.244 e. The molecule has 0 aromatic carbocycles.